The van der Waals surface area contributed by atoms with Crippen molar-refractivity contribution in [3.05, 3.63) is 33.8 Å². The predicted molar refractivity (Wildman–Crippen MR) is 92.1 cm³/mol. The quantitative estimate of drug-likeness (QED) is 0.878. The van der Waals surface area contributed by atoms with Gasteiger partial charge in [-0.25, -0.2) is 0 Å². The highest BCUT2D eigenvalue weighted by molar-refractivity contribution is 6.35. The van der Waals surface area contributed by atoms with Crippen LogP contribution in [0.2, 0.25) is 10.0 Å². The Labute approximate surface area is 138 Å². The molecule has 1 fully saturated rings. The van der Waals surface area contributed by atoms with Gasteiger partial charge >= 0.3 is 0 Å². The van der Waals surface area contributed by atoms with Gasteiger partial charge in [0.2, 0.25) is 0 Å². The second-order valence-electron chi connectivity index (χ2n) is 6.70. The molecule has 2 unspecified atom stereocenters. The molecule has 4 heteroatoms. The van der Waals surface area contributed by atoms with Crippen molar-refractivity contribution in [1.82, 2.24) is 10.2 Å². The molecule has 0 radical (unpaired) electrons. The molecular weight excluding hydrogens is 303 g/mol. The molecule has 21 heavy (non-hydrogen) atoms. The summed E-state index contributed by atoms with van der Waals surface area (Å²) in [5.41, 5.74) is 1.05. The number of hydrogen-bond donors (Lipinski definition) is 1. The minimum atomic E-state index is 0.521. The Morgan fingerprint density at radius 3 is 2.29 bits per heavy atom. The van der Waals surface area contributed by atoms with Crippen LogP contribution in [-0.2, 0) is 6.54 Å². The molecule has 118 valence electrons. The van der Waals surface area contributed by atoms with E-state index in [4.69, 9.17) is 23.2 Å². The number of halogens is 2. The lowest BCUT2D eigenvalue weighted by Gasteiger charge is -2.44. The van der Waals surface area contributed by atoms with Gasteiger partial charge in [0.05, 0.1) is 0 Å². The van der Waals surface area contributed by atoms with Crippen LogP contribution in [0.5, 0.6) is 0 Å². The number of nitrogens with zero attached hydrogens (tertiary/aromatic N) is 1. The van der Waals surface area contributed by atoms with E-state index in [0.29, 0.717) is 23.9 Å². The topological polar surface area (TPSA) is 15.3 Å². The molecule has 0 saturated carbocycles. The second-order valence-corrected chi connectivity index (χ2v) is 7.51. The third kappa shape index (κ3) is 4.13. The summed E-state index contributed by atoms with van der Waals surface area (Å²) < 4.78 is 0. The normalized spacial score (nSPS) is 24.0. The molecule has 1 aliphatic rings. The fourth-order valence-corrected chi connectivity index (χ4v) is 3.54. The minimum Gasteiger partial charge on any atom is -0.311 e. The van der Waals surface area contributed by atoms with E-state index in [1.54, 1.807) is 0 Å². The first-order valence-electron chi connectivity index (χ1n) is 7.80. The van der Waals surface area contributed by atoms with Gasteiger partial charge in [0.25, 0.3) is 0 Å². The number of hydrogen-bond acceptors (Lipinski definition) is 2. The smallest absolute Gasteiger partial charge is 0.0465 e. The van der Waals surface area contributed by atoms with Crippen LogP contribution in [0, 0.1) is 11.8 Å². The summed E-state index contributed by atoms with van der Waals surface area (Å²) in [7, 11) is 0. The van der Waals surface area contributed by atoms with Crippen LogP contribution >= 0.6 is 23.2 Å². The molecule has 2 nitrogen and oxygen atoms in total. The minimum absolute atomic E-state index is 0.521. The van der Waals surface area contributed by atoms with Crippen molar-refractivity contribution in [2.45, 2.75) is 46.3 Å². The fraction of sp³-hybridized carbons (Fsp3) is 0.647. The Kier molecular flexibility index (Phi) is 5.96. The van der Waals surface area contributed by atoms with Crippen molar-refractivity contribution >= 4 is 23.2 Å². The molecule has 0 bridgehead atoms. The Hall–Kier alpha value is -0.280. The molecule has 1 N–H and O–H groups in total. The third-order valence-electron chi connectivity index (χ3n) is 4.49. The molecule has 0 aromatic heterocycles. The number of rotatable bonds is 4. The van der Waals surface area contributed by atoms with Crippen LogP contribution in [0.3, 0.4) is 0 Å². The SMILES string of the molecule is CC(C)C1CN(Cc2c(Cl)cccc2Cl)C(C(C)C)CN1. The van der Waals surface area contributed by atoms with Gasteiger partial charge < -0.3 is 5.32 Å². The highest BCUT2D eigenvalue weighted by Gasteiger charge is 2.31. The first kappa shape index (κ1) is 17.1. The molecular formula is C17H26Cl2N2. The van der Waals surface area contributed by atoms with Crippen molar-refractivity contribution in [3.63, 3.8) is 0 Å². The lowest BCUT2D eigenvalue weighted by Crippen LogP contribution is -2.59. The fourth-order valence-electron chi connectivity index (χ4n) is 3.03. The Morgan fingerprint density at radius 1 is 1.14 bits per heavy atom. The molecule has 1 aromatic carbocycles. The first-order chi connectivity index (χ1) is 9.90. The summed E-state index contributed by atoms with van der Waals surface area (Å²) in [6.07, 6.45) is 0. The van der Waals surface area contributed by atoms with Crippen molar-refractivity contribution in [3.8, 4) is 0 Å². The van der Waals surface area contributed by atoms with Crippen LogP contribution in [0.15, 0.2) is 18.2 Å². The van der Waals surface area contributed by atoms with Crippen molar-refractivity contribution < 1.29 is 0 Å². The molecule has 1 saturated heterocycles. The predicted octanol–water partition coefficient (Wildman–Crippen LogP) is 4.45. The standard InChI is InChI=1S/C17H26Cl2N2/c1-11(2)16-10-21(17(8-20-16)12(3)4)9-13-14(18)6-5-7-15(13)19/h5-7,11-12,16-17,20H,8-10H2,1-4H3. The van der Waals surface area contributed by atoms with E-state index >= 15 is 0 Å². The molecule has 1 aromatic rings. The van der Waals surface area contributed by atoms with Crippen LogP contribution in [0.4, 0.5) is 0 Å². The molecule has 0 spiro atoms. The Morgan fingerprint density at radius 2 is 1.76 bits per heavy atom. The molecule has 2 rings (SSSR count). The van der Waals surface area contributed by atoms with Crippen LogP contribution < -0.4 is 5.32 Å². The maximum absolute atomic E-state index is 6.35. The lowest BCUT2D eigenvalue weighted by molar-refractivity contribution is 0.0784. The summed E-state index contributed by atoms with van der Waals surface area (Å²) in [4.78, 5) is 2.54. The maximum atomic E-state index is 6.35. The van der Waals surface area contributed by atoms with Gasteiger partial charge in [-0.05, 0) is 24.0 Å². The summed E-state index contributed by atoms with van der Waals surface area (Å²) >= 11 is 12.7. The molecule has 1 heterocycles. The maximum Gasteiger partial charge on any atom is 0.0465 e. The lowest BCUT2D eigenvalue weighted by atomic mass is 9.93. The van der Waals surface area contributed by atoms with E-state index in [9.17, 15) is 0 Å². The number of benzene rings is 1. The number of nitrogens with one attached hydrogen (secondary N) is 1. The van der Waals surface area contributed by atoms with Gasteiger partial charge in [-0.3, -0.25) is 4.90 Å². The first-order valence-corrected chi connectivity index (χ1v) is 8.56. The van der Waals surface area contributed by atoms with Crippen LogP contribution in [0.1, 0.15) is 33.3 Å². The molecule has 1 aliphatic heterocycles. The van der Waals surface area contributed by atoms with Gasteiger partial charge in [-0.1, -0.05) is 57.0 Å². The largest absolute Gasteiger partial charge is 0.311 e. The van der Waals surface area contributed by atoms with E-state index in [1.807, 2.05) is 18.2 Å². The van der Waals surface area contributed by atoms with Gasteiger partial charge in [-0.15, -0.1) is 0 Å². The zero-order valence-corrected chi connectivity index (χ0v) is 14.9. The van der Waals surface area contributed by atoms with Crippen molar-refractivity contribution in [1.29, 1.82) is 0 Å². The average Bonchev–Trinajstić information content (AvgIpc) is 2.42. The van der Waals surface area contributed by atoms with Crippen LogP contribution in [-0.4, -0.2) is 30.1 Å². The van der Waals surface area contributed by atoms with E-state index in [1.165, 1.54) is 0 Å². The van der Waals surface area contributed by atoms with Crippen molar-refractivity contribution in [2.24, 2.45) is 11.8 Å². The second kappa shape index (κ2) is 7.32. The number of piperazine rings is 1. The van der Waals surface area contributed by atoms with E-state index in [2.05, 4.69) is 37.9 Å². The average molecular weight is 329 g/mol. The summed E-state index contributed by atoms with van der Waals surface area (Å²) in [5, 5.41) is 5.22. The summed E-state index contributed by atoms with van der Waals surface area (Å²) in [6, 6.07) is 6.81. The molecule has 0 amide bonds. The van der Waals surface area contributed by atoms with Crippen molar-refractivity contribution in [2.75, 3.05) is 13.1 Å². The van der Waals surface area contributed by atoms with Gasteiger partial charge in [0, 0.05) is 47.3 Å². The highest BCUT2D eigenvalue weighted by atomic mass is 35.5. The van der Waals surface area contributed by atoms with Gasteiger partial charge in [0.1, 0.15) is 0 Å². The summed E-state index contributed by atoms with van der Waals surface area (Å²) in [6.45, 7) is 12.0. The van der Waals surface area contributed by atoms with E-state index in [0.717, 1.165) is 35.2 Å². The monoisotopic (exact) mass is 328 g/mol. The zero-order chi connectivity index (χ0) is 15.6. The van der Waals surface area contributed by atoms with Gasteiger partial charge in [-0.2, -0.15) is 0 Å². The van der Waals surface area contributed by atoms with E-state index in [-0.39, 0.29) is 0 Å². The Balaban J connectivity index is 2.20. The Bertz CT molecular complexity index is 454. The van der Waals surface area contributed by atoms with Crippen LogP contribution in [0.25, 0.3) is 0 Å². The molecule has 2 atom stereocenters. The zero-order valence-electron chi connectivity index (χ0n) is 13.4. The van der Waals surface area contributed by atoms with Gasteiger partial charge in [0.15, 0.2) is 0 Å². The van der Waals surface area contributed by atoms with E-state index < -0.39 is 0 Å². The molecule has 0 aliphatic carbocycles. The third-order valence-corrected chi connectivity index (χ3v) is 5.19. The summed E-state index contributed by atoms with van der Waals surface area (Å²) in [5.74, 6) is 1.23. The highest BCUT2D eigenvalue weighted by Crippen LogP contribution is 2.28.